The van der Waals surface area contributed by atoms with Gasteiger partial charge in [-0.15, -0.1) is 0 Å². The Morgan fingerprint density at radius 3 is 2.63 bits per heavy atom. The van der Waals surface area contributed by atoms with Crippen molar-refractivity contribution in [2.45, 2.75) is 33.4 Å². The van der Waals surface area contributed by atoms with Gasteiger partial charge in [-0.25, -0.2) is 9.97 Å². The molecule has 0 aliphatic heterocycles. The van der Waals surface area contributed by atoms with Crippen LogP contribution in [0.2, 0.25) is 0 Å². The average molecular weight is 368 g/mol. The number of nitrogens with zero attached hydrogens (tertiary/aromatic N) is 5. The summed E-state index contributed by atoms with van der Waals surface area (Å²) >= 11 is 0. The molecule has 0 saturated carbocycles. The van der Waals surface area contributed by atoms with E-state index in [9.17, 15) is 4.79 Å². The van der Waals surface area contributed by atoms with Gasteiger partial charge >= 0.3 is 0 Å². The highest BCUT2D eigenvalue weighted by Crippen LogP contribution is 2.23. The van der Waals surface area contributed by atoms with E-state index in [0.29, 0.717) is 13.1 Å². The number of aromatic amines is 1. The van der Waals surface area contributed by atoms with Gasteiger partial charge in [0.1, 0.15) is 11.9 Å². The fraction of sp³-hybridized carbons (Fsp3) is 0.450. The van der Waals surface area contributed by atoms with Gasteiger partial charge in [-0.1, -0.05) is 12.1 Å². The predicted octanol–water partition coefficient (Wildman–Crippen LogP) is 2.53. The van der Waals surface area contributed by atoms with Crippen LogP contribution in [-0.4, -0.2) is 62.4 Å². The fourth-order valence-corrected chi connectivity index (χ4v) is 3.34. The number of aromatic nitrogens is 4. The number of hydrogen-bond donors (Lipinski definition) is 1. The first kappa shape index (κ1) is 19.1. The monoisotopic (exact) mass is 368 g/mol. The number of carbonyl (C=O) groups excluding carboxylic acids is 1. The molecule has 2 aromatic heterocycles. The molecule has 1 atom stereocenters. The van der Waals surface area contributed by atoms with Crippen LogP contribution in [0.4, 0.5) is 0 Å². The number of hydrogen-bond acceptors (Lipinski definition) is 4. The highest BCUT2D eigenvalue weighted by atomic mass is 16.2. The normalized spacial score (nSPS) is 12.7. The molecule has 0 radical (unpaired) electrons. The standard InChI is InChI=1S/C20H28N6O/c1-14-18(22-13-21-14)12-25(11-10-24(4)5)20(27)15(2)26-16(3)23-17-8-6-7-9-19(17)26/h6-9,13,15H,10-12H2,1-5H3,(H,21,22). The Morgan fingerprint density at radius 2 is 1.96 bits per heavy atom. The molecular formula is C20H28N6O. The van der Waals surface area contributed by atoms with E-state index in [4.69, 9.17) is 0 Å². The first-order valence-electron chi connectivity index (χ1n) is 9.24. The van der Waals surface area contributed by atoms with Crippen LogP contribution >= 0.6 is 0 Å². The number of benzene rings is 1. The van der Waals surface area contributed by atoms with E-state index in [2.05, 4.69) is 19.9 Å². The van der Waals surface area contributed by atoms with Crippen molar-refractivity contribution in [3.05, 3.63) is 47.8 Å². The summed E-state index contributed by atoms with van der Waals surface area (Å²) in [4.78, 5) is 29.5. The summed E-state index contributed by atoms with van der Waals surface area (Å²) in [5.74, 6) is 0.922. The predicted molar refractivity (Wildman–Crippen MR) is 106 cm³/mol. The second kappa shape index (κ2) is 7.92. The Hall–Kier alpha value is -2.67. The quantitative estimate of drug-likeness (QED) is 0.696. The molecule has 0 bridgehead atoms. The molecule has 3 aromatic rings. The summed E-state index contributed by atoms with van der Waals surface area (Å²) in [6, 6.07) is 7.61. The molecule has 1 aromatic carbocycles. The van der Waals surface area contributed by atoms with Gasteiger partial charge in [0.15, 0.2) is 0 Å². The van der Waals surface area contributed by atoms with Crippen LogP contribution in [0, 0.1) is 13.8 Å². The van der Waals surface area contributed by atoms with Gasteiger partial charge in [0, 0.05) is 18.8 Å². The van der Waals surface area contributed by atoms with E-state index in [0.717, 1.165) is 34.8 Å². The molecule has 0 aliphatic rings. The Balaban J connectivity index is 1.89. The average Bonchev–Trinajstić information content (AvgIpc) is 3.19. The highest BCUT2D eigenvalue weighted by Gasteiger charge is 2.25. The van der Waals surface area contributed by atoms with Crippen molar-refractivity contribution in [1.82, 2.24) is 29.3 Å². The minimum absolute atomic E-state index is 0.0745. The summed E-state index contributed by atoms with van der Waals surface area (Å²) in [5.41, 5.74) is 3.80. The molecule has 144 valence electrons. The van der Waals surface area contributed by atoms with Gasteiger partial charge in [0.2, 0.25) is 5.91 Å². The number of nitrogens with one attached hydrogen (secondary N) is 1. The molecule has 7 heteroatoms. The molecule has 1 unspecified atom stereocenters. The number of rotatable bonds is 7. The number of H-pyrrole nitrogens is 1. The molecule has 0 fully saturated rings. The van der Waals surface area contributed by atoms with Gasteiger partial charge in [0.05, 0.1) is 29.6 Å². The lowest BCUT2D eigenvalue weighted by atomic mass is 10.2. The van der Waals surface area contributed by atoms with E-state index in [-0.39, 0.29) is 11.9 Å². The van der Waals surface area contributed by atoms with Crippen molar-refractivity contribution in [2.75, 3.05) is 27.2 Å². The number of para-hydroxylation sites is 2. The molecule has 27 heavy (non-hydrogen) atoms. The lowest BCUT2D eigenvalue weighted by Crippen LogP contribution is -2.40. The number of amides is 1. The molecule has 1 amide bonds. The SMILES string of the molecule is Cc1[nH]cnc1CN(CCN(C)C)C(=O)C(C)n1c(C)nc2ccccc21. The zero-order valence-electron chi connectivity index (χ0n) is 16.7. The number of aryl methyl sites for hydroxylation is 2. The molecule has 0 spiro atoms. The number of carbonyl (C=O) groups is 1. The Labute approximate surface area is 160 Å². The van der Waals surface area contributed by atoms with Crippen molar-refractivity contribution in [3.63, 3.8) is 0 Å². The van der Waals surface area contributed by atoms with Crippen molar-refractivity contribution in [1.29, 1.82) is 0 Å². The van der Waals surface area contributed by atoms with Crippen LogP contribution < -0.4 is 0 Å². The van der Waals surface area contributed by atoms with Crippen LogP contribution in [-0.2, 0) is 11.3 Å². The largest absolute Gasteiger partial charge is 0.348 e. The van der Waals surface area contributed by atoms with Crippen LogP contribution in [0.5, 0.6) is 0 Å². The molecule has 2 heterocycles. The first-order valence-corrected chi connectivity index (χ1v) is 9.24. The second-order valence-corrected chi connectivity index (χ2v) is 7.23. The van der Waals surface area contributed by atoms with Crippen LogP contribution in [0.25, 0.3) is 11.0 Å². The second-order valence-electron chi connectivity index (χ2n) is 7.23. The summed E-state index contributed by atoms with van der Waals surface area (Å²) in [6.07, 6.45) is 1.68. The van der Waals surface area contributed by atoms with Gasteiger partial charge in [-0.3, -0.25) is 4.79 Å². The van der Waals surface area contributed by atoms with Gasteiger partial charge in [-0.2, -0.15) is 0 Å². The zero-order chi connectivity index (χ0) is 19.6. The molecule has 0 aliphatic carbocycles. The van der Waals surface area contributed by atoms with Gasteiger partial charge in [0.25, 0.3) is 0 Å². The van der Waals surface area contributed by atoms with E-state index in [1.165, 1.54) is 0 Å². The van der Waals surface area contributed by atoms with E-state index in [1.54, 1.807) is 6.33 Å². The molecule has 0 saturated heterocycles. The maximum atomic E-state index is 13.4. The topological polar surface area (TPSA) is 70.1 Å². The van der Waals surface area contributed by atoms with Gasteiger partial charge < -0.3 is 19.4 Å². The molecule has 3 rings (SSSR count). The van der Waals surface area contributed by atoms with Crippen LogP contribution in [0.15, 0.2) is 30.6 Å². The lowest BCUT2D eigenvalue weighted by molar-refractivity contribution is -0.135. The number of fused-ring (bicyclic) bond motifs is 1. The van der Waals surface area contributed by atoms with Crippen molar-refractivity contribution >= 4 is 16.9 Å². The number of likely N-dealkylation sites (N-methyl/N-ethyl adjacent to an activating group) is 1. The van der Waals surface area contributed by atoms with E-state index < -0.39 is 0 Å². The fourth-order valence-electron chi connectivity index (χ4n) is 3.34. The Bertz CT molecular complexity index is 926. The van der Waals surface area contributed by atoms with Gasteiger partial charge in [-0.05, 0) is 47.0 Å². The van der Waals surface area contributed by atoms with Crippen LogP contribution in [0.1, 0.15) is 30.2 Å². The van der Waals surface area contributed by atoms with E-state index in [1.807, 2.05) is 68.6 Å². The first-order chi connectivity index (χ1) is 12.9. The minimum atomic E-state index is -0.334. The minimum Gasteiger partial charge on any atom is -0.348 e. The summed E-state index contributed by atoms with van der Waals surface area (Å²) in [5, 5.41) is 0. The number of imidazole rings is 2. The molecule has 1 N–H and O–H groups in total. The third-order valence-electron chi connectivity index (χ3n) is 4.92. The summed E-state index contributed by atoms with van der Waals surface area (Å²) in [6.45, 7) is 7.82. The highest BCUT2D eigenvalue weighted by molar-refractivity contribution is 5.84. The van der Waals surface area contributed by atoms with Crippen molar-refractivity contribution in [2.24, 2.45) is 0 Å². The molecule has 7 nitrogen and oxygen atoms in total. The zero-order valence-corrected chi connectivity index (χ0v) is 16.7. The third kappa shape index (κ3) is 4.03. The lowest BCUT2D eigenvalue weighted by Gasteiger charge is -2.28. The summed E-state index contributed by atoms with van der Waals surface area (Å²) in [7, 11) is 4.03. The van der Waals surface area contributed by atoms with E-state index >= 15 is 0 Å². The Kier molecular flexibility index (Phi) is 5.60. The van der Waals surface area contributed by atoms with Crippen molar-refractivity contribution < 1.29 is 4.79 Å². The third-order valence-corrected chi connectivity index (χ3v) is 4.92. The smallest absolute Gasteiger partial charge is 0.245 e. The van der Waals surface area contributed by atoms with Crippen LogP contribution in [0.3, 0.4) is 0 Å². The summed E-state index contributed by atoms with van der Waals surface area (Å²) < 4.78 is 2.03. The van der Waals surface area contributed by atoms with Crippen molar-refractivity contribution in [3.8, 4) is 0 Å². The molecular weight excluding hydrogens is 340 g/mol. The Morgan fingerprint density at radius 1 is 1.22 bits per heavy atom. The maximum absolute atomic E-state index is 13.4. The maximum Gasteiger partial charge on any atom is 0.245 e.